The van der Waals surface area contributed by atoms with E-state index >= 15 is 0 Å². The van der Waals surface area contributed by atoms with Crippen LogP contribution in [0, 0.1) is 5.41 Å². The average Bonchev–Trinajstić information content (AvgIpc) is 3.19. The summed E-state index contributed by atoms with van der Waals surface area (Å²) in [4.78, 5) is 42.8. The van der Waals surface area contributed by atoms with Crippen molar-refractivity contribution in [2.75, 3.05) is 57.3 Å². The molecule has 174 valence electrons. The fourth-order valence-corrected chi connectivity index (χ4v) is 6.25. The summed E-state index contributed by atoms with van der Waals surface area (Å²) in [5, 5.41) is 0. The average molecular weight is 462 g/mol. The molecule has 4 rings (SSSR count). The molecule has 0 aromatic heterocycles. The molecule has 2 amide bonds. The van der Waals surface area contributed by atoms with Crippen molar-refractivity contribution < 1.29 is 22.8 Å². The van der Waals surface area contributed by atoms with Crippen molar-refractivity contribution in [3.05, 3.63) is 35.4 Å². The Kier molecular flexibility index (Phi) is 6.40. The third-order valence-corrected chi connectivity index (χ3v) is 8.85. The second-order valence-corrected chi connectivity index (χ2v) is 11.7. The molecular formula is C23H31N3O5S. The molecule has 0 unspecified atom stereocenters. The van der Waals surface area contributed by atoms with Crippen molar-refractivity contribution in [3.8, 4) is 0 Å². The van der Waals surface area contributed by atoms with Crippen molar-refractivity contribution in [2.45, 2.75) is 26.2 Å². The van der Waals surface area contributed by atoms with E-state index in [4.69, 9.17) is 0 Å². The number of piperidine rings is 1. The van der Waals surface area contributed by atoms with Gasteiger partial charge in [-0.15, -0.1) is 0 Å². The van der Waals surface area contributed by atoms with Gasteiger partial charge in [-0.1, -0.05) is 12.1 Å². The zero-order chi connectivity index (χ0) is 22.9. The number of nitrogens with zero attached hydrogens (tertiary/aromatic N) is 3. The second kappa shape index (κ2) is 8.94. The van der Waals surface area contributed by atoms with E-state index in [1.54, 1.807) is 24.3 Å². The van der Waals surface area contributed by atoms with Gasteiger partial charge >= 0.3 is 0 Å². The zero-order valence-corrected chi connectivity index (χ0v) is 19.4. The highest BCUT2D eigenvalue weighted by molar-refractivity contribution is 7.91. The van der Waals surface area contributed by atoms with Gasteiger partial charge in [-0.05, 0) is 43.7 Å². The van der Waals surface area contributed by atoms with Gasteiger partial charge < -0.3 is 9.80 Å². The first-order valence-corrected chi connectivity index (χ1v) is 13.1. The maximum atomic E-state index is 12.9. The number of amides is 2. The lowest BCUT2D eigenvalue weighted by Gasteiger charge is -2.39. The SMILES string of the molecule is CC(=O)c1ccc(C(=O)N2CCC3(CCN(C(=O)CN4CCS(=O)(=O)CC4)C3)CC2)cc1. The lowest BCUT2D eigenvalue weighted by atomic mass is 9.77. The monoisotopic (exact) mass is 461 g/mol. The van der Waals surface area contributed by atoms with Crippen LogP contribution in [-0.2, 0) is 14.6 Å². The molecule has 3 saturated heterocycles. The first-order valence-electron chi connectivity index (χ1n) is 11.3. The molecule has 3 aliphatic heterocycles. The quantitative estimate of drug-likeness (QED) is 0.623. The summed E-state index contributed by atoms with van der Waals surface area (Å²) in [6.07, 6.45) is 2.69. The largest absolute Gasteiger partial charge is 0.341 e. The molecule has 8 nitrogen and oxygen atoms in total. The van der Waals surface area contributed by atoms with Gasteiger partial charge in [0.2, 0.25) is 5.91 Å². The Morgan fingerprint density at radius 2 is 1.38 bits per heavy atom. The molecule has 0 atom stereocenters. The molecule has 3 fully saturated rings. The summed E-state index contributed by atoms with van der Waals surface area (Å²) in [5.74, 6) is 0.303. The van der Waals surface area contributed by atoms with Crippen LogP contribution in [0.15, 0.2) is 24.3 Å². The lowest BCUT2D eigenvalue weighted by Crippen LogP contribution is -2.47. The molecule has 0 bridgehead atoms. The van der Waals surface area contributed by atoms with Gasteiger partial charge in [-0.25, -0.2) is 8.42 Å². The zero-order valence-electron chi connectivity index (χ0n) is 18.6. The van der Waals surface area contributed by atoms with Crippen LogP contribution in [0.25, 0.3) is 0 Å². The van der Waals surface area contributed by atoms with Crippen molar-refractivity contribution in [3.63, 3.8) is 0 Å². The van der Waals surface area contributed by atoms with Crippen molar-refractivity contribution in [2.24, 2.45) is 5.41 Å². The van der Waals surface area contributed by atoms with E-state index in [-0.39, 0.29) is 41.1 Å². The summed E-state index contributed by atoms with van der Waals surface area (Å²) < 4.78 is 23.2. The Balaban J connectivity index is 1.28. The maximum absolute atomic E-state index is 12.9. The van der Waals surface area contributed by atoms with E-state index in [0.29, 0.717) is 43.9 Å². The number of benzene rings is 1. The Morgan fingerprint density at radius 3 is 1.94 bits per heavy atom. The van der Waals surface area contributed by atoms with E-state index in [0.717, 1.165) is 25.8 Å². The van der Waals surface area contributed by atoms with Crippen LogP contribution in [0.1, 0.15) is 46.9 Å². The Hall–Kier alpha value is -2.26. The standard InChI is InChI=1S/C23H31N3O5S/c1-18(27)19-2-4-20(5-3-19)22(29)25-9-6-23(7-10-25)8-11-26(17-23)21(28)16-24-12-14-32(30,31)15-13-24/h2-5H,6-17H2,1H3. The summed E-state index contributed by atoms with van der Waals surface area (Å²) in [7, 11) is -2.94. The molecule has 3 aliphatic rings. The maximum Gasteiger partial charge on any atom is 0.253 e. The van der Waals surface area contributed by atoms with Gasteiger partial charge in [0.25, 0.3) is 5.91 Å². The van der Waals surface area contributed by atoms with Crippen LogP contribution in [0.5, 0.6) is 0 Å². The smallest absolute Gasteiger partial charge is 0.253 e. The van der Waals surface area contributed by atoms with E-state index in [2.05, 4.69) is 0 Å². The number of ketones is 1. The van der Waals surface area contributed by atoms with Crippen molar-refractivity contribution >= 4 is 27.4 Å². The minimum atomic E-state index is -2.94. The van der Waals surface area contributed by atoms with Gasteiger partial charge in [-0.3, -0.25) is 19.3 Å². The van der Waals surface area contributed by atoms with Gasteiger partial charge in [0.15, 0.2) is 15.6 Å². The molecular weight excluding hydrogens is 430 g/mol. The summed E-state index contributed by atoms with van der Waals surface area (Å²) >= 11 is 0. The number of carbonyl (C=O) groups is 3. The number of hydrogen-bond donors (Lipinski definition) is 0. The van der Waals surface area contributed by atoms with E-state index in [1.165, 1.54) is 6.92 Å². The van der Waals surface area contributed by atoms with Crippen LogP contribution in [0.3, 0.4) is 0 Å². The molecule has 0 aliphatic carbocycles. The number of carbonyl (C=O) groups excluding carboxylic acids is 3. The third kappa shape index (κ3) is 5.04. The highest BCUT2D eigenvalue weighted by Gasteiger charge is 2.43. The third-order valence-electron chi connectivity index (χ3n) is 7.24. The first kappa shape index (κ1) is 22.9. The van der Waals surface area contributed by atoms with E-state index < -0.39 is 9.84 Å². The molecule has 0 N–H and O–H groups in total. The Labute approximate surface area is 189 Å². The van der Waals surface area contributed by atoms with Gasteiger partial charge in [-0.2, -0.15) is 0 Å². The predicted molar refractivity (Wildman–Crippen MR) is 120 cm³/mol. The predicted octanol–water partition coefficient (Wildman–Crippen LogP) is 1.07. The summed E-state index contributed by atoms with van der Waals surface area (Å²) in [6, 6.07) is 6.81. The molecule has 0 saturated carbocycles. The van der Waals surface area contributed by atoms with Crippen LogP contribution < -0.4 is 0 Å². The number of sulfone groups is 1. The van der Waals surface area contributed by atoms with Gasteiger partial charge in [0, 0.05) is 50.4 Å². The number of rotatable bonds is 4. The van der Waals surface area contributed by atoms with Crippen LogP contribution in [0.4, 0.5) is 0 Å². The van der Waals surface area contributed by atoms with Gasteiger partial charge in [0.05, 0.1) is 18.1 Å². The van der Waals surface area contributed by atoms with Crippen molar-refractivity contribution in [1.29, 1.82) is 0 Å². The molecule has 3 heterocycles. The highest BCUT2D eigenvalue weighted by atomic mass is 32.2. The molecule has 9 heteroatoms. The van der Waals surface area contributed by atoms with Crippen LogP contribution in [0.2, 0.25) is 0 Å². The molecule has 1 spiro atoms. The minimum Gasteiger partial charge on any atom is -0.341 e. The molecule has 1 aromatic carbocycles. The lowest BCUT2D eigenvalue weighted by molar-refractivity contribution is -0.131. The first-order chi connectivity index (χ1) is 15.2. The topological polar surface area (TPSA) is 95.1 Å². The number of likely N-dealkylation sites (tertiary alicyclic amines) is 2. The second-order valence-electron chi connectivity index (χ2n) is 9.42. The molecule has 0 radical (unpaired) electrons. The molecule has 32 heavy (non-hydrogen) atoms. The van der Waals surface area contributed by atoms with Crippen LogP contribution >= 0.6 is 0 Å². The Bertz CT molecular complexity index is 983. The fourth-order valence-electron chi connectivity index (χ4n) is 4.97. The van der Waals surface area contributed by atoms with E-state index in [9.17, 15) is 22.8 Å². The summed E-state index contributed by atoms with van der Waals surface area (Å²) in [5.41, 5.74) is 1.26. The van der Waals surface area contributed by atoms with Gasteiger partial charge in [0.1, 0.15) is 0 Å². The Morgan fingerprint density at radius 1 is 0.844 bits per heavy atom. The fraction of sp³-hybridized carbons (Fsp3) is 0.609. The normalized spacial score (nSPS) is 22.8. The van der Waals surface area contributed by atoms with E-state index in [1.807, 2.05) is 14.7 Å². The summed E-state index contributed by atoms with van der Waals surface area (Å²) in [6.45, 7) is 5.42. The highest BCUT2D eigenvalue weighted by Crippen LogP contribution is 2.40. The minimum absolute atomic E-state index is 0.0130. The molecule has 1 aromatic rings. The number of Topliss-reactive ketones (excluding diaryl/α,β-unsaturated/α-hetero) is 1. The van der Waals surface area contributed by atoms with Crippen LogP contribution in [-0.4, -0.2) is 98.0 Å². The van der Waals surface area contributed by atoms with Crippen molar-refractivity contribution in [1.82, 2.24) is 14.7 Å². The number of hydrogen-bond acceptors (Lipinski definition) is 6.